The van der Waals surface area contributed by atoms with Gasteiger partial charge in [-0.3, -0.25) is 0 Å². The van der Waals surface area contributed by atoms with Crippen LogP contribution in [0, 0.1) is 11.8 Å². The van der Waals surface area contributed by atoms with Gasteiger partial charge in [0.05, 0.1) is 0 Å². The maximum Gasteiger partial charge on any atom is 0.252 e. The molecule has 272 valence electrons. The van der Waals surface area contributed by atoms with Gasteiger partial charge >= 0.3 is 0 Å². The molecule has 0 amide bonds. The highest BCUT2D eigenvalue weighted by atomic mass is 15.2. The van der Waals surface area contributed by atoms with Crippen LogP contribution in [0.5, 0.6) is 0 Å². The van der Waals surface area contributed by atoms with Crippen LogP contribution < -0.4 is 26.2 Å². The Morgan fingerprint density at radius 1 is 0.491 bits per heavy atom. The van der Waals surface area contributed by atoms with Gasteiger partial charge in [0.25, 0.3) is 6.71 Å². The predicted octanol–water partition coefficient (Wildman–Crippen LogP) is 11.7. The molecule has 2 unspecified atom stereocenters. The van der Waals surface area contributed by atoms with Gasteiger partial charge in [-0.15, -0.1) is 0 Å². The molecule has 3 atom stereocenters. The SMILES string of the molecule is c1ccc(N2c3cccc4c3B(c3ccc5c(c3N4c3ccccc3)-c3ccccc3[C@@]53CC4CCC3C4)c3c2ccc2c3-c3ccccc3C23CCCC3)cc1. The first kappa shape index (κ1) is 31.3. The van der Waals surface area contributed by atoms with Crippen LogP contribution in [-0.2, 0) is 10.8 Å². The topological polar surface area (TPSA) is 6.48 Å². The molecular weight excluding hydrogens is 687 g/mol. The highest BCUT2D eigenvalue weighted by molar-refractivity contribution is 7.01. The van der Waals surface area contributed by atoms with E-state index in [0.29, 0.717) is 5.92 Å². The van der Waals surface area contributed by atoms with Crippen LogP contribution in [-0.4, -0.2) is 6.71 Å². The van der Waals surface area contributed by atoms with Crippen molar-refractivity contribution in [2.75, 3.05) is 9.80 Å². The van der Waals surface area contributed by atoms with E-state index in [4.69, 9.17) is 0 Å². The van der Waals surface area contributed by atoms with Crippen molar-refractivity contribution >= 4 is 57.2 Å². The zero-order valence-corrected chi connectivity index (χ0v) is 32.2. The normalized spacial score (nSPS) is 23.0. The molecule has 3 fully saturated rings. The molecule has 7 aromatic carbocycles. The van der Waals surface area contributed by atoms with Crippen LogP contribution in [0.3, 0.4) is 0 Å². The van der Waals surface area contributed by atoms with Crippen molar-refractivity contribution in [3.8, 4) is 22.3 Å². The summed E-state index contributed by atoms with van der Waals surface area (Å²) in [4.78, 5) is 5.27. The first-order valence-electron chi connectivity index (χ1n) is 21.6. The average molecular weight is 731 g/mol. The number of benzene rings is 7. The van der Waals surface area contributed by atoms with Gasteiger partial charge in [-0.05, 0) is 142 Å². The molecule has 0 saturated heterocycles. The second kappa shape index (κ2) is 11.0. The summed E-state index contributed by atoms with van der Waals surface area (Å²) in [6, 6.07) is 58.9. The van der Waals surface area contributed by atoms with Gasteiger partial charge in [-0.1, -0.05) is 128 Å². The van der Waals surface area contributed by atoms with Crippen LogP contribution >= 0.6 is 0 Å². The number of hydrogen-bond acceptors (Lipinski definition) is 2. The van der Waals surface area contributed by atoms with E-state index in [-0.39, 0.29) is 17.5 Å². The van der Waals surface area contributed by atoms with E-state index >= 15 is 0 Å². The van der Waals surface area contributed by atoms with E-state index in [1.165, 1.54) is 124 Å². The summed E-state index contributed by atoms with van der Waals surface area (Å²) in [6.45, 7) is 0.0784. The van der Waals surface area contributed by atoms with Crippen molar-refractivity contribution in [2.45, 2.75) is 62.2 Å². The number of nitrogens with zero attached hydrogens (tertiary/aromatic N) is 2. The summed E-state index contributed by atoms with van der Waals surface area (Å²) < 4.78 is 0. The van der Waals surface area contributed by atoms with E-state index in [2.05, 4.69) is 161 Å². The molecule has 57 heavy (non-hydrogen) atoms. The van der Waals surface area contributed by atoms with E-state index in [0.717, 1.165) is 5.92 Å². The van der Waals surface area contributed by atoms with Crippen LogP contribution in [0.2, 0.25) is 0 Å². The van der Waals surface area contributed by atoms with E-state index in [1.807, 2.05) is 0 Å². The fourth-order valence-corrected chi connectivity index (χ4v) is 14.1. The van der Waals surface area contributed by atoms with Gasteiger partial charge in [-0.2, -0.15) is 0 Å². The van der Waals surface area contributed by atoms with Crippen molar-refractivity contribution in [2.24, 2.45) is 11.8 Å². The zero-order chi connectivity index (χ0) is 37.0. The lowest BCUT2D eigenvalue weighted by atomic mass is 9.32. The quantitative estimate of drug-likeness (QED) is 0.163. The minimum atomic E-state index is 0.0784. The van der Waals surface area contributed by atoms with Crippen LogP contribution in [0.1, 0.15) is 73.6 Å². The highest BCUT2D eigenvalue weighted by Gasteiger charge is 2.59. The second-order valence-electron chi connectivity index (χ2n) is 18.3. The molecule has 5 aliphatic carbocycles. The Balaban J connectivity index is 1.14. The molecule has 0 aromatic heterocycles. The first-order valence-corrected chi connectivity index (χ1v) is 21.6. The minimum absolute atomic E-state index is 0.0784. The third kappa shape index (κ3) is 3.72. The molecule has 3 saturated carbocycles. The highest BCUT2D eigenvalue weighted by Crippen LogP contribution is 2.67. The van der Waals surface area contributed by atoms with Crippen molar-refractivity contribution < 1.29 is 0 Å². The predicted molar refractivity (Wildman–Crippen MR) is 237 cm³/mol. The summed E-state index contributed by atoms with van der Waals surface area (Å²) in [5.74, 6) is 1.55. The molecule has 2 heterocycles. The van der Waals surface area contributed by atoms with Crippen molar-refractivity contribution in [1.29, 1.82) is 0 Å². The molecule has 2 bridgehead atoms. The van der Waals surface area contributed by atoms with Crippen LogP contribution in [0.25, 0.3) is 22.3 Å². The number of anilines is 6. The molecule has 2 spiro atoms. The molecule has 7 aliphatic rings. The molecule has 0 radical (unpaired) electrons. The van der Waals surface area contributed by atoms with Gasteiger partial charge in [0.1, 0.15) is 0 Å². The van der Waals surface area contributed by atoms with E-state index in [9.17, 15) is 0 Å². The third-order valence-corrected chi connectivity index (χ3v) is 16.0. The fourth-order valence-electron chi connectivity index (χ4n) is 14.1. The smallest absolute Gasteiger partial charge is 0.252 e. The van der Waals surface area contributed by atoms with Gasteiger partial charge in [0, 0.05) is 50.5 Å². The Hall–Kier alpha value is -5.80. The van der Waals surface area contributed by atoms with Crippen LogP contribution in [0.15, 0.2) is 152 Å². The van der Waals surface area contributed by atoms with Crippen molar-refractivity contribution in [3.63, 3.8) is 0 Å². The summed E-state index contributed by atoms with van der Waals surface area (Å²) >= 11 is 0. The standard InChI is InChI=1S/C54H43BN2/c1-3-14-36(15-4-1)56-45-22-13-23-46-50(45)55(51-47(56)29-27-42-48(51)38-18-7-9-20-40(38)53(42)30-11-12-31-53)44-28-26-43-49(52(44)57(46)37-16-5-2-6-17-37)39-19-8-10-21-41(39)54(43)33-34-24-25-35(54)32-34/h1-10,13-23,26-29,34-35H,11-12,24-25,30-33H2/t34?,35?,54-/m0/s1. The largest absolute Gasteiger partial charge is 0.311 e. The minimum Gasteiger partial charge on any atom is -0.311 e. The van der Waals surface area contributed by atoms with Gasteiger partial charge in [0.2, 0.25) is 0 Å². The van der Waals surface area contributed by atoms with Gasteiger partial charge in [-0.25, -0.2) is 0 Å². The molecule has 14 rings (SSSR count). The summed E-state index contributed by atoms with van der Waals surface area (Å²) in [6.07, 6.45) is 10.5. The monoisotopic (exact) mass is 730 g/mol. The maximum atomic E-state index is 2.68. The van der Waals surface area contributed by atoms with E-state index < -0.39 is 0 Å². The summed E-state index contributed by atoms with van der Waals surface area (Å²) in [7, 11) is 0. The Morgan fingerprint density at radius 2 is 1.12 bits per heavy atom. The number of fused-ring (bicyclic) bond motifs is 19. The van der Waals surface area contributed by atoms with Gasteiger partial charge < -0.3 is 9.80 Å². The molecule has 7 aromatic rings. The van der Waals surface area contributed by atoms with Gasteiger partial charge in [0.15, 0.2) is 0 Å². The lowest BCUT2D eigenvalue weighted by Crippen LogP contribution is -2.62. The second-order valence-corrected chi connectivity index (χ2v) is 18.3. The Kier molecular flexibility index (Phi) is 6.03. The Labute approximate surface area is 335 Å². The third-order valence-electron chi connectivity index (χ3n) is 16.0. The Bertz CT molecular complexity index is 2850. The maximum absolute atomic E-state index is 2.68. The summed E-state index contributed by atoms with van der Waals surface area (Å²) in [5.41, 5.74) is 24.5. The first-order chi connectivity index (χ1) is 28.3. The lowest BCUT2D eigenvalue weighted by Gasteiger charge is -2.46. The van der Waals surface area contributed by atoms with Crippen LogP contribution in [0.4, 0.5) is 34.1 Å². The zero-order valence-electron chi connectivity index (χ0n) is 32.2. The molecule has 2 aliphatic heterocycles. The molecule has 3 heteroatoms. The molecular formula is C54H43BN2. The lowest BCUT2D eigenvalue weighted by molar-refractivity contribution is 0.327. The fraction of sp³-hybridized carbons (Fsp3) is 0.222. The van der Waals surface area contributed by atoms with Crippen molar-refractivity contribution in [3.05, 3.63) is 174 Å². The summed E-state index contributed by atoms with van der Waals surface area (Å²) in [5, 5.41) is 0. The van der Waals surface area contributed by atoms with Crippen molar-refractivity contribution in [1.82, 2.24) is 0 Å². The number of para-hydroxylation sites is 2. The average Bonchev–Trinajstić information content (AvgIpc) is 4.12. The Morgan fingerprint density at radius 3 is 1.84 bits per heavy atom. The molecule has 2 nitrogen and oxygen atoms in total. The number of hydrogen-bond donors (Lipinski definition) is 0. The molecule has 0 N–H and O–H groups in total. The van der Waals surface area contributed by atoms with E-state index in [1.54, 1.807) is 22.3 Å². The number of rotatable bonds is 2.